The van der Waals surface area contributed by atoms with Crippen molar-refractivity contribution < 1.29 is 30.0 Å². The number of aliphatic hydroxyl groups excluding tert-OH is 2. The van der Waals surface area contributed by atoms with Crippen LogP contribution >= 0.6 is 0 Å². The van der Waals surface area contributed by atoms with Crippen LogP contribution in [0.2, 0.25) is 0 Å². The van der Waals surface area contributed by atoms with Crippen molar-refractivity contribution >= 4 is 11.9 Å². The number of aromatic carboxylic acids is 2. The normalized spacial score (nSPS) is 16.3. The van der Waals surface area contributed by atoms with Crippen LogP contribution in [0.25, 0.3) is 0 Å². The van der Waals surface area contributed by atoms with Crippen molar-refractivity contribution in [1.29, 1.82) is 0 Å². The molecule has 0 aliphatic heterocycles. The average Bonchev–Trinajstić information content (AvgIpc) is 2.56. The van der Waals surface area contributed by atoms with Crippen molar-refractivity contribution in [1.82, 2.24) is 0 Å². The SMILES string of the molecule is O=C(O)c1cccc(C(=O)O)c1.OCC1(CO)CCCCC1. The largest absolute Gasteiger partial charge is 0.478 e. The van der Waals surface area contributed by atoms with Gasteiger partial charge in [0, 0.05) is 5.41 Å². The Balaban J connectivity index is 0.000000224. The third-order valence-electron chi connectivity index (χ3n) is 3.94. The van der Waals surface area contributed by atoms with Gasteiger partial charge in [0.25, 0.3) is 0 Å². The molecule has 0 spiro atoms. The highest BCUT2D eigenvalue weighted by Gasteiger charge is 2.30. The summed E-state index contributed by atoms with van der Waals surface area (Å²) in [6, 6.07) is 5.20. The molecule has 1 aliphatic carbocycles. The second-order valence-corrected chi connectivity index (χ2v) is 5.57. The maximum Gasteiger partial charge on any atom is 0.335 e. The number of aliphatic hydroxyl groups is 2. The lowest BCUT2D eigenvalue weighted by atomic mass is 9.75. The molecule has 0 bridgehead atoms. The van der Waals surface area contributed by atoms with Crippen LogP contribution in [-0.2, 0) is 0 Å². The lowest BCUT2D eigenvalue weighted by Crippen LogP contribution is -2.31. The molecule has 0 radical (unpaired) electrons. The van der Waals surface area contributed by atoms with E-state index in [1.54, 1.807) is 0 Å². The van der Waals surface area contributed by atoms with Gasteiger partial charge >= 0.3 is 11.9 Å². The third-order valence-corrected chi connectivity index (χ3v) is 3.94. The molecule has 1 aromatic carbocycles. The summed E-state index contributed by atoms with van der Waals surface area (Å²) < 4.78 is 0. The van der Waals surface area contributed by atoms with Gasteiger partial charge in [0.15, 0.2) is 0 Å². The minimum Gasteiger partial charge on any atom is -0.478 e. The molecule has 0 heterocycles. The predicted octanol–water partition coefficient (Wildman–Crippen LogP) is 2.00. The summed E-state index contributed by atoms with van der Waals surface area (Å²) in [5, 5.41) is 35.0. The maximum atomic E-state index is 10.4. The molecule has 0 unspecified atom stereocenters. The Hall–Kier alpha value is -1.92. The molecule has 0 aromatic heterocycles. The van der Waals surface area contributed by atoms with Crippen molar-refractivity contribution in [2.75, 3.05) is 13.2 Å². The van der Waals surface area contributed by atoms with Crippen molar-refractivity contribution in [3.63, 3.8) is 0 Å². The lowest BCUT2D eigenvalue weighted by molar-refractivity contribution is 0.0234. The number of hydrogen-bond donors (Lipinski definition) is 4. The standard InChI is InChI=1S/C8H6O4.C8H16O2/c9-7(10)5-2-1-3-6(4-5)8(11)12;9-6-8(7-10)4-2-1-3-5-8/h1-4H,(H,9,10)(H,11,12);9-10H,1-7H2. The maximum absolute atomic E-state index is 10.4. The fourth-order valence-corrected chi connectivity index (χ4v) is 2.45. The van der Waals surface area contributed by atoms with E-state index in [9.17, 15) is 9.59 Å². The number of carbonyl (C=O) groups is 2. The summed E-state index contributed by atoms with van der Waals surface area (Å²) in [5.41, 5.74) is -0.164. The number of carboxylic acids is 2. The molecule has 4 N–H and O–H groups in total. The molecule has 122 valence electrons. The smallest absolute Gasteiger partial charge is 0.335 e. The topological polar surface area (TPSA) is 115 Å². The minimum absolute atomic E-state index is 0.0186. The zero-order valence-corrected chi connectivity index (χ0v) is 12.4. The Morgan fingerprint density at radius 2 is 1.36 bits per heavy atom. The molecule has 6 heteroatoms. The van der Waals surface area contributed by atoms with Crippen molar-refractivity contribution in [2.45, 2.75) is 32.1 Å². The Morgan fingerprint density at radius 1 is 0.909 bits per heavy atom. The van der Waals surface area contributed by atoms with Crippen LogP contribution < -0.4 is 0 Å². The lowest BCUT2D eigenvalue weighted by Gasteiger charge is -2.33. The second kappa shape index (κ2) is 8.51. The highest BCUT2D eigenvalue weighted by molar-refractivity contribution is 5.93. The molecule has 2 rings (SSSR count). The van der Waals surface area contributed by atoms with Crippen LogP contribution in [-0.4, -0.2) is 45.6 Å². The van der Waals surface area contributed by atoms with E-state index in [1.807, 2.05) is 0 Å². The third kappa shape index (κ3) is 5.13. The van der Waals surface area contributed by atoms with Gasteiger partial charge in [0.2, 0.25) is 0 Å². The Labute approximate surface area is 129 Å². The van der Waals surface area contributed by atoms with E-state index >= 15 is 0 Å². The summed E-state index contributed by atoms with van der Waals surface area (Å²) in [6.45, 7) is 0.312. The Kier molecular flexibility index (Phi) is 7.01. The first kappa shape index (κ1) is 18.1. The number of benzene rings is 1. The fourth-order valence-electron chi connectivity index (χ4n) is 2.45. The summed E-state index contributed by atoms with van der Waals surface area (Å²) in [6.07, 6.45) is 5.60. The molecule has 1 fully saturated rings. The first-order valence-electron chi connectivity index (χ1n) is 7.22. The van der Waals surface area contributed by atoms with E-state index < -0.39 is 11.9 Å². The summed E-state index contributed by atoms with van der Waals surface area (Å²) >= 11 is 0. The summed E-state index contributed by atoms with van der Waals surface area (Å²) in [4.78, 5) is 20.8. The number of rotatable bonds is 4. The highest BCUT2D eigenvalue weighted by atomic mass is 16.4. The van der Waals surface area contributed by atoms with E-state index in [0.29, 0.717) is 0 Å². The molecule has 1 aromatic rings. The van der Waals surface area contributed by atoms with Gasteiger partial charge in [-0.2, -0.15) is 0 Å². The first-order valence-corrected chi connectivity index (χ1v) is 7.22. The van der Waals surface area contributed by atoms with Gasteiger partial charge in [-0.15, -0.1) is 0 Å². The average molecular weight is 310 g/mol. The summed E-state index contributed by atoms with van der Waals surface area (Å²) in [5.74, 6) is -2.25. The van der Waals surface area contributed by atoms with Gasteiger partial charge in [0.05, 0.1) is 24.3 Å². The molecule has 0 amide bonds. The van der Waals surface area contributed by atoms with Crippen LogP contribution in [0.1, 0.15) is 52.8 Å². The second-order valence-electron chi connectivity index (χ2n) is 5.57. The van der Waals surface area contributed by atoms with Crippen molar-refractivity contribution in [3.05, 3.63) is 35.4 Å². The van der Waals surface area contributed by atoms with Gasteiger partial charge in [-0.3, -0.25) is 0 Å². The quantitative estimate of drug-likeness (QED) is 0.676. The van der Waals surface area contributed by atoms with E-state index in [4.69, 9.17) is 20.4 Å². The molecule has 0 atom stereocenters. The molecule has 6 nitrogen and oxygen atoms in total. The van der Waals surface area contributed by atoms with E-state index in [2.05, 4.69) is 0 Å². The molecule has 1 aliphatic rings. The van der Waals surface area contributed by atoms with E-state index in [1.165, 1.54) is 37.5 Å². The van der Waals surface area contributed by atoms with Gasteiger partial charge in [-0.05, 0) is 31.0 Å². The zero-order chi connectivity index (χ0) is 16.6. The zero-order valence-electron chi connectivity index (χ0n) is 12.4. The van der Waals surface area contributed by atoms with Crippen LogP contribution in [0.5, 0.6) is 0 Å². The fraction of sp³-hybridized carbons (Fsp3) is 0.500. The molecule has 1 saturated carbocycles. The van der Waals surface area contributed by atoms with Crippen LogP contribution in [0.3, 0.4) is 0 Å². The Morgan fingerprint density at radius 3 is 1.68 bits per heavy atom. The molecular formula is C16H22O6. The van der Waals surface area contributed by atoms with Crippen LogP contribution in [0.4, 0.5) is 0 Å². The van der Waals surface area contributed by atoms with Gasteiger partial charge in [-0.25, -0.2) is 9.59 Å². The molecule has 0 saturated heterocycles. The Bertz CT molecular complexity index is 470. The minimum atomic E-state index is -1.13. The summed E-state index contributed by atoms with van der Waals surface area (Å²) in [7, 11) is 0. The molecule has 22 heavy (non-hydrogen) atoms. The van der Waals surface area contributed by atoms with E-state index in [-0.39, 0.29) is 29.8 Å². The first-order chi connectivity index (χ1) is 10.4. The van der Waals surface area contributed by atoms with Crippen molar-refractivity contribution in [2.24, 2.45) is 5.41 Å². The van der Waals surface area contributed by atoms with Gasteiger partial charge in [0.1, 0.15) is 0 Å². The van der Waals surface area contributed by atoms with Gasteiger partial charge < -0.3 is 20.4 Å². The highest BCUT2D eigenvalue weighted by Crippen LogP contribution is 2.34. The number of carboxylic acid groups (broad SMARTS) is 2. The van der Waals surface area contributed by atoms with Gasteiger partial charge in [-0.1, -0.05) is 25.3 Å². The number of hydrogen-bond acceptors (Lipinski definition) is 4. The predicted molar refractivity (Wildman–Crippen MR) is 80.1 cm³/mol. The van der Waals surface area contributed by atoms with E-state index in [0.717, 1.165) is 18.9 Å². The van der Waals surface area contributed by atoms with Crippen LogP contribution in [0.15, 0.2) is 24.3 Å². The molecular weight excluding hydrogens is 288 g/mol. The monoisotopic (exact) mass is 310 g/mol. The van der Waals surface area contributed by atoms with Crippen LogP contribution in [0, 0.1) is 5.41 Å². The van der Waals surface area contributed by atoms with Crippen molar-refractivity contribution in [3.8, 4) is 0 Å².